The van der Waals surface area contributed by atoms with E-state index in [0.29, 0.717) is 15.7 Å². The van der Waals surface area contributed by atoms with E-state index in [4.69, 9.17) is 28.3 Å². The Labute approximate surface area is 258 Å². The zero-order valence-electron chi connectivity index (χ0n) is 22.9. The monoisotopic (exact) mass is 612 g/mol. The largest absolute Gasteiger partial charge is 0.271 e. The molecule has 1 saturated heterocycles. The second-order valence-corrected chi connectivity index (χ2v) is 11.9. The fourth-order valence-corrected chi connectivity index (χ4v) is 6.61. The fourth-order valence-electron chi connectivity index (χ4n) is 6.36. The molecular weight excluding hydrogens is 587 g/mol. The zero-order valence-corrected chi connectivity index (χ0v) is 24.4. The van der Waals surface area contributed by atoms with E-state index in [-0.39, 0.29) is 24.4 Å². The SMILES string of the molecule is O=C1[C@@H]2[C@@H](N=NN2CC(=O)N2N=C3/C(=C/c4ccc(Cl)cc4)CCC[C@@H]3[C@@H]2c2ccc(Cl)cc2)C(=O)N1c1ccccc1. The molecule has 1 saturated carbocycles. The number of nitrogens with zero attached hydrogens (tertiary/aromatic N) is 6. The number of imide groups is 1. The van der Waals surface area contributed by atoms with Gasteiger partial charge in [0.25, 0.3) is 17.7 Å². The average Bonchev–Trinajstić information content (AvgIpc) is 3.68. The van der Waals surface area contributed by atoms with Gasteiger partial charge in [-0.15, -0.1) is 0 Å². The van der Waals surface area contributed by atoms with Crippen LogP contribution >= 0.6 is 23.2 Å². The number of carbonyl (C=O) groups excluding carboxylic acids is 3. The number of carbonyl (C=O) groups is 3. The molecule has 9 nitrogen and oxygen atoms in total. The van der Waals surface area contributed by atoms with Gasteiger partial charge in [0, 0.05) is 16.0 Å². The van der Waals surface area contributed by atoms with Gasteiger partial charge in [-0.25, -0.2) is 9.91 Å². The summed E-state index contributed by atoms with van der Waals surface area (Å²) in [5, 5.41) is 17.2. The lowest BCUT2D eigenvalue weighted by molar-refractivity contribution is -0.136. The quantitative estimate of drug-likeness (QED) is 0.325. The van der Waals surface area contributed by atoms with Crippen LogP contribution in [0.25, 0.3) is 6.08 Å². The second kappa shape index (κ2) is 11.1. The van der Waals surface area contributed by atoms with Crippen LogP contribution < -0.4 is 4.90 Å². The van der Waals surface area contributed by atoms with Crippen molar-refractivity contribution in [1.29, 1.82) is 0 Å². The Morgan fingerprint density at radius 2 is 1.58 bits per heavy atom. The highest BCUT2D eigenvalue weighted by Crippen LogP contribution is 2.45. The number of halogens is 2. The highest BCUT2D eigenvalue weighted by Gasteiger charge is 2.55. The molecule has 4 atom stereocenters. The molecule has 216 valence electrons. The van der Waals surface area contributed by atoms with Crippen molar-refractivity contribution < 1.29 is 14.4 Å². The van der Waals surface area contributed by atoms with E-state index in [1.54, 1.807) is 24.3 Å². The third kappa shape index (κ3) is 4.92. The molecule has 3 amide bonds. The van der Waals surface area contributed by atoms with Gasteiger partial charge in [-0.05, 0) is 78.4 Å². The molecule has 11 heteroatoms. The maximum atomic E-state index is 14.0. The lowest BCUT2D eigenvalue weighted by Crippen LogP contribution is -2.45. The highest BCUT2D eigenvalue weighted by atomic mass is 35.5. The molecule has 0 N–H and O–H groups in total. The predicted octanol–water partition coefficient (Wildman–Crippen LogP) is 6.11. The number of para-hydroxylation sites is 1. The Morgan fingerprint density at radius 1 is 0.884 bits per heavy atom. The van der Waals surface area contributed by atoms with Crippen molar-refractivity contribution in [2.24, 2.45) is 21.4 Å². The standard InChI is InChI=1S/C32H26Cl2N6O3/c33-22-13-9-19(10-14-22)17-21-5-4-8-25-27(21)36-40(29(25)20-11-15-23(34)16-12-20)26(41)18-38-30-28(35-37-38)31(42)39(32(30)43)24-6-2-1-3-7-24/h1-3,6-7,9-17,25,28-30H,4-5,8,18H2/b21-17+/t25-,28+,29-,30-/m0/s1. The molecule has 3 aliphatic heterocycles. The number of hydrazone groups is 1. The molecule has 3 heterocycles. The number of rotatable bonds is 5. The summed E-state index contributed by atoms with van der Waals surface area (Å²) in [5.41, 5.74) is 4.33. The molecule has 43 heavy (non-hydrogen) atoms. The van der Waals surface area contributed by atoms with Gasteiger partial charge in [0.2, 0.25) is 0 Å². The maximum absolute atomic E-state index is 14.0. The van der Waals surface area contributed by atoms with Crippen LogP contribution in [0.2, 0.25) is 10.0 Å². The molecule has 0 radical (unpaired) electrons. The third-order valence-corrected chi connectivity index (χ3v) is 8.85. The van der Waals surface area contributed by atoms with E-state index in [9.17, 15) is 14.4 Å². The third-order valence-electron chi connectivity index (χ3n) is 8.35. The zero-order chi connectivity index (χ0) is 29.7. The first-order valence-corrected chi connectivity index (χ1v) is 14.9. The summed E-state index contributed by atoms with van der Waals surface area (Å²) in [6.45, 7) is -0.254. The molecule has 0 unspecified atom stereocenters. The van der Waals surface area contributed by atoms with Gasteiger partial charge < -0.3 is 0 Å². The number of anilines is 1. The van der Waals surface area contributed by atoms with Gasteiger partial charge in [0.05, 0.1) is 17.4 Å². The van der Waals surface area contributed by atoms with Crippen molar-refractivity contribution in [2.75, 3.05) is 11.4 Å². The minimum atomic E-state index is -0.992. The first-order chi connectivity index (χ1) is 20.9. The Bertz CT molecular complexity index is 1690. The molecule has 0 bridgehead atoms. The van der Waals surface area contributed by atoms with E-state index >= 15 is 0 Å². The molecular formula is C32H26Cl2N6O3. The van der Waals surface area contributed by atoms with Crippen LogP contribution in [-0.4, -0.2) is 52.1 Å². The molecule has 0 aromatic heterocycles. The fraction of sp³-hybridized carbons (Fsp3) is 0.250. The number of hydrogen-bond donors (Lipinski definition) is 0. The summed E-state index contributed by atoms with van der Waals surface area (Å²) < 4.78 is 0. The van der Waals surface area contributed by atoms with Crippen LogP contribution in [-0.2, 0) is 14.4 Å². The number of amides is 3. The summed E-state index contributed by atoms with van der Waals surface area (Å²) in [6.07, 6.45) is 4.75. The summed E-state index contributed by atoms with van der Waals surface area (Å²) in [5.74, 6) is -1.27. The Kier molecular flexibility index (Phi) is 7.07. The van der Waals surface area contributed by atoms with Crippen molar-refractivity contribution in [2.45, 2.75) is 37.4 Å². The molecule has 3 aromatic rings. The molecule has 2 fully saturated rings. The van der Waals surface area contributed by atoms with Crippen LogP contribution in [0.5, 0.6) is 0 Å². The summed E-state index contributed by atoms with van der Waals surface area (Å²) in [6, 6.07) is 21.5. The first kappa shape index (κ1) is 27.5. The number of fused-ring (bicyclic) bond motifs is 2. The second-order valence-electron chi connectivity index (χ2n) is 11.0. The highest BCUT2D eigenvalue weighted by molar-refractivity contribution is 6.31. The lowest BCUT2D eigenvalue weighted by Gasteiger charge is -2.30. The Hall–Kier alpha value is -4.34. The normalized spacial score (nSPS) is 25.4. The van der Waals surface area contributed by atoms with Gasteiger partial charge in [-0.1, -0.05) is 70.9 Å². The Morgan fingerprint density at radius 3 is 2.30 bits per heavy atom. The van der Waals surface area contributed by atoms with E-state index in [0.717, 1.165) is 46.6 Å². The van der Waals surface area contributed by atoms with Crippen LogP contribution in [0.1, 0.15) is 36.4 Å². The van der Waals surface area contributed by atoms with Gasteiger partial charge >= 0.3 is 0 Å². The van der Waals surface area contributed by atoms with Gasteiger partial charge in [-0.3, -0.25) is 19.4 Å². The first-order valence-electron chi connectivity index (χ1n) is 14.1. The summed E-state index contributed by atoms with van der Waals surface area (Å²) in [4.78, 5) is 41.7. The van der Waals surface area contributed by atoms with Crippen molar-refractivity contribution >= 4 is 58.4 Å². The number of benzene rings is 3. The van der Waals surface area contributed by atoms with Crippen molar-refractivity contribution in [1.82, 2.24) is 10.0 Å². The summed E-state index contributed by atoms with van der Waals surface area (Å²) in [7, 11) is 0. The van der Waals surface area contributed by atoms with E-state index in [1.165, 1.54) is 10.0 Å². The topological polar surface area (TPSA) is 98.0 Å². The van der Waals surface area contributed by atoms with Crippen molar-refractivity contribution in [3.8, 4) is 0 Å². The van der Waals surface area contributed by atoms with Crippen molar-refractivity contribution in [3.63, 3.8) is 0 Å². The van der Waals surface area contributed by atoms with E-state index in [2.05, 4.69) is 16.4 Å². The summed E-state index contributed by atoms with van der Waals surface area (Å²) >= 11 is 12.3. The molecule has 1 aliphatic carbocycles. The minimum Gasteiger partial charge on any atom is -0.271 e. The molecule has 0 spiro atoms. The van der Waals surface area contributed by atoms with Crippen LogP contribution in [0, 0.1) is 5.92 Å². The minimum absolute atomic E-state index is 0.0198. The Balaban J connectivity index is 1.19. The smallest absolute Gasteiger partial charge is 0.264 e. The lowest BCUT2D eigenvalue weighted by atomic mass is 9.77. The molecule has 3 aromatic carbocycles. The number of hydrogen-bond acceptors (Lipinski definition) is 7. The average molecular weight is 614 g/mol. The van der Waals surface area contributed by atoms with Crippen LogP contribution in [0.3, 0.4) is 0 Å². The van der Waals surface area contributed by atoms with Gasteiger partial charge in [-0.2, -0.15) is 10.2 Å². The maximum Gasteiger partial charge on any atom is 0.264 e. The van der Waals surface area contributed by atoms with E-state index < -0.39 is 23.9 Å². The molecule has 4 aliphatic rings. The molecule has 7 rings (SSSR count). The van der Waals surface area contributed by atoms with Gasteiger partial charge in [0.15, 0.2) is 12.1 Å². The van der Waals surface area contributed by atoms with Gasteiger partial charge in [0.1, 0.15) is 6.54 Å². The van der Waals surface area contributed by atoms with Crippen LogP contribution in [0.15, 0.2) is 99.9 Å². The van der Waals surface area contributed by atoms with Crippen LogP contribution in [0.4, 0.5) is 5.69 Å². The van der Waals surface area contributed by atoms with E-state index in [1.807, 2.05) is 54.6 Å². The number of allylic oxidation sites excluding steroid dienone is 1. The van der Waals surface area contributed by atoms with Crippen molar-refractivity contribution in [3.05, 3.63) is 106 Å². The predicted molar refractivity (Wildman–Crippen MR) is 163 cm³/mol.